The number of benzene rings is 2. The lowest BCUT2D eigenvalue weighted by atomic mass is 9.88. The van der Waals surface area contributed by atoms with Gasteiger partial charge in [-0.2, -0.15) is 4.91 Å². The molecule has 166 valence electrons. The standard InChI is InChI=1S/C23H29N3O4S/c1-14(2)18-8-6-9-19(15(3)4)22(18)24-23(27)26-31(29,30)17-12-11-16-7-5-10-21(25-28)20(16)13-17/h6,8-9,11-15,21H,5,7,10H2,1-4H3,(H2,24,26,27). The Balaban J connectivity index is 1.87. The highest BCUT2D eigenvalue weighted by atomic mass is 32.2. The Labute approximate surface area is 183 Å². The maximum atomic E-state index is 12.9. The number of para-hydroxylation sites is 1. The minimum Gasteiger partial charge on any atom is -0.307 e. The largest absolute Gasteiger partial charge is 0.333 e. The van der Waals surface area contributed by atoms with E-state index in [-0.39, 0.29) is 16.7 Å². The molecule has 0 spiro atoms. The maximum Gasteiger partial charge on any atom is 0.333 e. The highest BCUT2D eigenvalue weighted by molar-refractivity contribution is 7.90. The minimum atomic E-state index is -4.12. The van der Waals surface area contributed by atoms with Crippen LogP contribution < -0.4 is 10.0 Å². The van der Waals surface area contributed by atoms with Crippen LogP contribution in [0.5, 0.6) is 0 Å². The number of anilines is 1. The molecule has 3 rings (SSSR count). The predicted molar refractivity (Wildman–Crippen MR) is 122 cm³/mol. The second-order valence-electron chi connectivity index (χ2n) is 8.55. The molecule has 2 aromatic rings. The quantitative estimate of drug-likeness (QED) is 0.568. The van der Waals surface area contributed by atoms with Crippen LogP contribution in [0, 0.1) is 4.91 Å². The van der Waals surface area contributed by atoms with E-state index in [1.54, 1.807) is 6.07 Å². The van der Waals surface area contributed by atoms with E-state index in [0.717, 1.165) is 29.5 Å². The van der Waals surface area contributed by atoms with Gasteiger partial charge in [-0.25, -0.2) is 17.9 Å². The van der Waals surface area contributed by atoms with Crippen LogP contribution in [0.3, 0.4) is 0 Å². The Morgan fingerprint density at radius 1 is 1.06 bits per heavy atom. The Bertz CT molecular complexity index is 1070. The molecular formula is C23H29N3O4S. The van der Waals surface area contributed by atoms with Gasteiger partial charge in [-0.05, 0) is 65.5 Å². The zero-order valence-corrected chi connectivity index (χ0v) is 19.1. The number of sulfonamides is 1. The summed E-state index contributed by atoms with van der Waals surface area (Å²) in [5.74, 6) is 0.304. The first kappa shape index (κ1) is 22.9. The molecule has 1 atom stereocenters. The molecule has 8 heteroatoms. The zero-order chi connectivity index (χ0) is 22.8. The molecule has 0 aromatic heterocycles. The first-order valence-corrected chi connectivity index (χ1v) is 12.0. The third kappa shape index (κ3) is 4.95. The third-order valence-electron chi connectivity index (χ3n) is 5.68. The number of carbonyl (C=O) groups excluding carboxylic acids is 1. The number of urea groups is 1. The summed E-state index contributed by atoms with van der Waals surface area (Å²) in [5, 5.41) is 5.89. The van der Waals surface area contributed by atoms with Crippen molar-refractivity contribution in [1.82, 2.24) is 4.72 Å². The van der Waals surface area contributed by atoms with Crippen molar-refractivity contribution in [1.29, 1.82) is 0 Å². The lowest BCUT2D eigenvalue weighted by molar-refractivity contribution is 0.256. The van der Waals surface area contributed by atoms with E-state index in [4.69, 9.17) is 0 Å². The number of rotatable bonds is 6. The van der Waals surface area contributed by atoms with Gasteiger partial charge in [-0.15, -0.1) is 0 Å². The minimum absolute atomic E-state index is 0.0572. The summed E-state index contributed by atoms with van der Waals surface area (Å²) >= 11 is 0. The normalized spacial score (nSPS) is 16.1. The van der Waals surface area contributed by atoms with Crippen LogP contribution in [0.1, 0.15) is 80.7 Å². The van der Waals surface area contributed by atoms with Gasteiger partial charge in [-0.1, -0.05) is 57.1 Å². The molecule has 2 amide bonds. The smallest absolute Gasteiger partial charge is 0.307 e. The highest BCUT2D eigenvalue weighted by Crippen LogP contribution is 2.34. The molecule has 0 fully saturated rings. The van der Waals surface area contributed by atoms with Crippen LogP contribution in [-0.4, -0.2) is 14.4 Å². The Morgan fingerprint density at radius 3 is 2.29 bits per heavy atom. The van der Waals surface area contributed by atoms with Gasteiger partial charge in [0.05, 0.1) is 4.90 Å². The van der Waals surface area contributed by atoms with Gasteiger partial charge in [0.1, 0.15) is 6.04 Å². The predicted octanol–water partition coefficient (Wildman–Crippen LogP) is 5.59. The van der Waals surface area contributed by atoms with Crippen molar-refractivity contribution in [3.63, 3.8) is 0 Å². The van der Waals surface area contributed by atoms with Gasteiger partial charge in [0.25, 0.3) is 10.0 Å². The summed E-state index contributed by atoms with van der Waals surface area (Å²) in [5.41, 5.74) is 4.05. The van der Waals surface area contributed by atoms with Crippen LogP contribution in [0.15, 0.2) is 46.5 Å². The molecule has 0 heterocycles. The number of fused-ring (bicyclic) bond motifs is 1. The number of amides is 2. The molecule has 2 N–H and O–H groups in total. The van der Waals surface area contributed by atoms with Gasteiger partial charge < -0.3 is 5.32 Å². The van der Waals surface area contributed by atoms with Crippen molar-refractivity contribution < 1.29 is 13.2 Å². The Kier molecular flexibility index (Phi) is 6.79. The fourth-order valence-corrected chi connectivity index (χ4v) is 4.99. The highest BCUT2D eigenvalue weighted by Gasteiger charge is 2.26. The van der Waals surface area contributed by atoms with E-state index < -0.39 is 22.1 Å². The SMILES string of the molecule is CC(C)c1cccc(C(C)C)c1NC(=O)NS(=O)(=O)c1ccc2c(c1)C(N=O)CCC2. The van der Waals surface area contributed by atoms with Gasteiger partial charge in [0.2, 0.25) is 0 Å². The van der Waals surface area contributed by atoms with Crippen LogP contribution >= 0.6 is 0 Å². The van der Waals surface area contributed by atoms with Crippen molar-refractivity contribution in [3.05, 3.63) is 63.6 Å². The van der Waals surface area contributed by atoms with Crippen LogP contribution in [0.25, 0.3) is 0 Å². The number of nitroso groups, excluding NO2 is 1. The first-order chi connectivity index (χ1) is 14.6. The average Bonchev–Trinajstić information content (AvgIpc) is 2.72. The molecule has 0 bridgehead atoms. The van der Waals surface area contributed by atoms with E-state index in [9.17, 15) is 18.1 Å². The summed E-state index contributed by atoms with van der Waals surface area (Å²) in [4.78, 5) is 23.8. The van der Waals surface area contributed by atoms with E-state index >= 15 is 0 Å². The van der Waals surface area contributed by atoms with Crippen molar-refractivity contribution in [3.8, 4) is 0 Å². The first-order valence-electron chi connectivity index (χ1n) is 10.6. The van der Waals surface area contributed by atoms with E-state index in [2.05, 4.69) is 15.2 Å². The van der Waals surface area contributed by atoms with E-state index in [1.807, 2.05) is 45.9 Å². The number of hydrogen-bond acceptors (Lipinski definition) is 5. The molecule has 0 saturated carbocycles. The molecule has 1 unspecified atom stereocenters. The van der Waals surface area contributed by atoms with Crippen molar-refractivity contribution in [2.24, 2.45) is 5.18 Å². The molecule has 0 radical (unpaired) electrons. The topological polar surface area (TPSA) is 105 Å². The maximum absolute atomic E-state index is 12.9. The van der Waals surface area contributed by atoms with Crippen molar-refractivity contribution >= 4 is 21.7 Å². The molecular weight excluding hydrogens is 414 g/mol. The summed E-state index contributed by atoms with van der Waals surface area (Å²) in [6.45, 7) is 8.07. The number of aryl methyl sites for hydroxylation is 1. The molecule has 0 aliphatic heterocycles. The fourth-order valence-electron chi connectivity index (χ4n) is 4.04. The zero-order valence-electron chi connectivity index (χ0n) is 18.3. The molecule has 7 nitrogen and oxygen atoms in total. The summed E-state index contributed by atoms with van der Waals surface area (Å²) < 4.78 is 27.8. The van der Waals surface area contributed by atoms with Gasteiger partial charge >= 0.3 is 6.03 Å². The second kappa shape index (κ2) is 9.18. The van der Waals surface area contributed by atoms with Crippen LogP contribution in [0.4, 0.5) is 10.5 Å². The van der Waals surface area contributed by atoms with E-state index in [1.165, 1.54) is 12.1 Å². The summed E-state index contributed by atoms with van der Waals surface area (Å²) in [7, 11) is -4.12. The lowest BCUT2D eigenvalue weighted by Crippen LogP contribution is -2.35. The number of carbonyl (C=O) groups is 1. The molecule has 0 saturated heterocycles. The van der Waals surface area contributed by atoms with Crippen LogP contribution in [-0.2, 0) is 16.4 Å². The molecule has 31 heavy (non-hydrogen) atoms. The third-order valence-corrected chi connectivity index (χ3v) is 7.00. The Hall–Kier alpha value is -2.74. The van der Waals surface area contributed by atoms with E-state index in [0.29, 0.717) is 17.7 Å². The number of nitrogens with one attached hydrogen (secondary N) is 2. The summed E-state index contributed by atoms with van der Waals surface area (Å²) in [6, 6.07) is 9.03. The second-order valence-corrected chi connectivity index (χ2v) is 10.2. The average molecular weight is 444 g/mol. The number of nitrogens with zero attached hydrogens (tertiary/aromatic N) is 1. The van der Waals surface area contributed by atoms with Gasteiger partial charge in [0, 0.05) is 5.69 Å². The number of hydrogen-bond donors (Lipinski definition) is 2. The van der Waals surface area contributed by atoms with Gasteiger partial charge in [0.15, 0.2) is 0 Å². The molecule has 1 aliphatic rings. The van der Waals surface area contributed by atoms with Crippen molar-refractivity contribution in [2.75, 3.05) is 5.32 Å². The lowest BCUT2D eigenvalue weighted by Gasteiger charge is -2.21. The molecule has 2 aromatic carbocycles. The van der Waals surface area contributed by atoms with Crippen LogP contribution in [0.2, 0.25) is 0 Å². The Morgan fingerprint density at radius 2 is 1.71 bits per heavy atom. The van der Waals surface area contributed by atoms with Crippen molar-refractivity contribution in [2.45, 2.75) is 69.7 Å². The monoisotopic (exact) mass is 443 g/mol. The fraction of sp³-hybridized carbons (Fsp3) is 0.435. The molecule has 1 aliphatic carbocycles. The summed E-state index contributed by atoms with van der Waals surface area (Å²) in [6.07, 6.45) is 2.21. The van der Waals surface area contributed by atoms with Gasteiger partial charge in [-0.3, -0.25) is 0 Å².